The number of hydrogen-bond donors (Lipinski definition) is 1. The number of rotatable bonds is 4. The minimum atomic E-state index is -3.39. The Morgan fingerprint density at radius 3 is 2.52 bits per heavy atom. The van der Waals surface area contributed by atoms with E-state index in [1.807, 2.05) is 30.5 Å². The van der Waals surface area contributed by atoms with Gasteiger partial charge in [-0.25, -0.2) is 8.42 Å². The molecule has 2 heterocycles. The Morgan fingerprint density at radius 2 is 1.83 bits per heavy atom. The highest BCUT2D eigenvalue weighted by Gasteiger charge is 2.11. The summed E-state index contributed by atoms with van der Waals surface area (Å²) in [7, 11) is -3.39. The third kappa shape index (κ3) is 5.01. The number of sulfonamides is 1. The lowest BCUT2D eigenvalue weighted by molar-refractivity contribution is 0.606. The standard InChI is InChI=1S/C23H23N3O2S/c1-5-19-12-13-24-23(20-9-7-6-8-16(20)2)21(19)11-10-18-14-22(17(3)25-15-18)26-29(4,27)28/h6-9,12-15,26H,5H2,1-4H3. The summed E-state index contributed by atoms with van der Waals surface area (Å²) in [4.78, 5) is 8.87. The molecule has 3 aromatic rings. The Kier molecular flexibility index (Phi) is 6.00. The topological polar surface area (TPSA) is 72.0 Å². The van der Waals surface area contributed by atoms with Gasteiger partial charge in [-0.05, 0) is 43.5 Å². The van der Waals surface area contributed by atoms with Crippen molar-refractivity contribution in [1.82, 2.24) is 9.97 Å². The van der Waals surface area contributed by atoms with E-state index in [9.17, 15) is 8.42 Å². The van der Waals surface area contributed by atoms with Crippen molar-refractivity contribution in [1.29, 1.82) is 0 Å². The molecule has 0 saturated carbocycles. The molecule has 6 heteroatoms. The zero-order chi connectivity index (χ0) is 21.0. The molecule has 0 aliphatic heterocycles. The summed E-state index contributed by atoms with van der Waals surface area (Å²) >= 11 is 0. The summed E-state index contributed by atoms with van der Waals surface area (Å²) in [6, 6.07) is 11.8. The first-order chi connectivity index (χ1) is 13.8. The van der Waals surface area contributed by atoms with E-state index in [4.69, 9.17) is 0 Å². The second-order valence-electron chi connectivity index (χ2n) is 6.84. The van der Waals surface area contributed by atoms with E-state index in [0.717, 1.165) is 40.6 Å². The normalized spacial score (nSPS) is 10.9. The number of aromatic nitrogens is 2. The SMILES string of the molecule is CCc1ccnc(-c2ccccc2C)c1C#Cc1cnc(C)c(NS(C)(=O)=O)c1. The van der Waals surface area contributed by atoms with Crippen molar-refractivity contribution in [2.45, 2.75) is 27.2 Å². The van der Waals surface area contributed by atoms with Crippen LogP contribution >= 0.6 is 0 Å². The predicted molar refractivity (Wildman–Crippen MR) is 117 cm³/mol. The number of pyridine rings is 2. The lowest BCUT2D eigenvalue weighted by Crippen LogP contribution is -2.11. The van der Waals surface area contributed by atoms with Crippen LogP contribution in [0.3, 0.4) is 0 Å². The summed E-state index contributed by atoms with van der Waals surface area (Å²) in [5.41, 5.74) is 6.68. The minimum Gasteiger partial charge on any atom is -0.282 e. The van der Waals surface area contributed by atoms with E-state index in [-0.39, 0.29) is 0 Å². The summed E-state index contributed by atoms with van der Waals surface area (Å²) in [5.74, 6) is 6.39. The molecule has 2 aromatic heterocycles. The van der Waals surface area contributed by atoms with Gasteiger partial charge in [0.1, 0.15) is 0 Å². The Labute approximate surface area is 172 Å². The molecule has 148 valence electrons. The van der Waals surface area contributed by atoms with Gasteiger partial charge in [0.05, 0.1) is 28.9 Å². The summed E-state index contributed by atoms with van der Waals surface area (Å²) < 4.78 is 25.6. The molecule has 0 aliphatic carbocycles. The molecule has 1 N–H and O–H groups in total. The zero-order valence-electron chi connectivity index (χ0n) is 16.9. The van der Waals surface area contributed by atoms with Crippen LogP contribution in [0.1, 0.15) is 34.9 Å². The van der Waals surface area contributed by atoms with Crippen molar-refractivity contribution in [2.75, 3.05) is 11.0 Å². The maximum atomic E-state index is 11.6. The van der Waals surface area contributed by atoms with Gasteiger partial charge in [0, 0.05) is 23.5 Å². The van der Waals surface area contributed by atoms with Crippen LogP contribution in [0.2, 0.25) is 0 Å². The molecule has 0 atom stereocenters. The Balaban J connectivity index is 2.10. The van der Waals surface area contributed by atoms with Crippen molar-refractivity contribution in [3.63, 3.8) is 0 Å². The largest absolute Gasteiger partial charge is 0.282 e. The highest BCUT2D eigenvalue weighted by Crippen LogP contribution is 2.26. The molecule has 29 heavy (non-hydrogen) atoms. The van der Waals surface area contributed by atoms with Gasteiger partial charge in [-0.15, -0.1) is 0 Å². The maximum absolute atomic E-state index is 11.6. The van der Waals surface area contributed by atoms with Gasteiger partial charge in [0.2, 0.25) is 10.0 Å². The van der Waals surface area contributed by atoms with E-state index < -0.39 is 10.0 Å². The van der Waals surface area contributed by atoms with Crippen LogP contribution in [-0.2, 0) is 16.4 Å². The summed E-state index contributed by atoms with van der Waals surface area (Å²) in [5, 5.41) is 0. The van der Waals surface area contributed by atoms with Crippen molar-refractivity contribution >= 4 is 15.7 Å². The highest BCUT2D eigenvalue weighted by molar-refractivity contribution is 7.92. The van der Waals surface area contributed by atoms with Gasteiger partial charge >= 0.3 is 0 Å². The molecule has 0 aliphatic rings. The van der Waals surface area contributed by atoms with Crippen LogP contribution < -0.4 is 4.72 Å². The average Bonchev–Trinajstić information content (AvgIpc) is 2.67. The molecule has 0 fully saturated rings. The fourth-order valence-corrected chi connectivity index (χ4v) is 3.62. The van der Waals surface area contributed by atoms with Gasteiger partial charge in [0.25, 0.3) is 0 Å². The van der Waals surface area contributed by atoms with E-state index in [2.05, 4.69) is 46.4 Å². The predicted octanol–water partition coefficient (Wildman–Crippen LogP) is 4.09. The van der Waals surface area contributed by atoms with Crippen LogP contribution in [0.4, 0.5) is 5.69 Å². The second-order valence-corrected chi connectivity index (χ2v) is 8.59. The van der Waals surface area contributed by atoms with E-state index in [1.54, 1.807) is 19.2 Å². The van der Waals surface area contributed by atoms with Gasteiger partial charge in [-0.1, -0.05) is 43.0 Å². The highest BCUT2D eigenvalue weighted by atomic mass is 32.2. The molecule has 5 nitrogen and oxygen atoms in total. The third-order valence-corrected chi connectivity index (χ3v) is 5.12. The van der Waals surface area contributed by atoms with E-state index >= 15 is 0 Å². The fraction of sp³-hybridized carbons (Fsp3) is 0.217. The number of nitrogens with zero attached hydrogens (tertiary/aromatic N) is 2. The first-order valence-electron chi connectivity index (χ1n) is 9.29. The molecule has 3 rings (SSSR count). The Bertz CT molecular complexity index is 1220. The molecule has 0 amide bonds. The lowest BCUT2D eigenvalue weighted by atomic mass is 9.97. The third-order valence-electron chi connectivity index (χ3n) is 4.53. The number of anilines is 1. The fourth-order valence-electron chi connectivity index (χ4n) is 3.02. The van der Waals surface area contributed by atoms with E-state index in [1.165, 1.54) is 0 Å². The number of aryl methyl sites for hydroxylation is 3. The molecule has 1 aromatic carbocycles. The second kappa shape index (κ2) is 8.46. The maximum Gasteiger partial charge on any atom is 0.229 e. The first kappa shape index (κ1) is 20.6. The van der Waals surface area contributed by atoms with Gasteiger partial charge in [-0.2, -0.15) is 0 Å². The van der Waals surface area contributed by atoms with Crippen LogP contribution in [0.15, 0.2) is 48.8 Å². The van der Waals surface area contributed by atoms with Crippen molar-refractivity contribution in [3.8, 4) is 23.1 Å². The van der Waals surface area contributed by atoms with Crippen molar-refractivity contribution < 1.29 is 8.42 Å². The van der Waals surface area contributed by atoms with Crippen LogP contribution in [-0.4, -0.2) is 24.6 Å². The smallest absolute Gasteiger partial charge is 0.229 e. The number of benzene rings is 1. The van der Waals surface area contributed by atoms with Crippen LogP contribution in [0, 0.1) is 25.7 Å². The Hall–Kier alpha value is -3.17. The van der Waals surface area contributed by atoms with Crippen molar-refractivity contribution in [2.24, 2.45) is 0 Å². The van der Waals surface area contributed by atoms with Gasteiger partial charge in [0.15, 0.2) is 0 Å². The molecule has 0 unspecified atom stereocenters. The van der Waals surface area contributed by atoms with Crippen LogP contribution in [0.25, 0.3) is 11.3 Å². The number of hydrogen-bond acceptors (Lipinski definition) is 4. The minimum absolute atomic E-state index is 0.431. The molecule has 0 radical (unpaired) electrons. The molecule has 0 saturated heterocycles. The van der Waals surface area contributed by atoms with Crippen molar-refractivity contribution in [3.05, 3.63) is 76.7 Å². The molecule has 0 spiro atoms. The summed E-state index contributed by atoms with van der Waals surface area (Å²) in [6.45, 7) is 5.89. The first-order valence-corrected chi connectivity index (χ1v) is 11.2. The lowest BCUT2D eigenvalue weighted by Gasteiger charge is -2.10. The molecular weight excluding hydrogens is 382 g/mol. The monoisotopic (exact) mass is 405 g/mol. The zero-order valence-corrected chi connectivity index (χ0v) is 17.8. The molecule has 0 bridgehead atoms. The Morgan fingerprint density at radius 1 is 1.07 bits per heavy atom. The number of nitrogens with one attached hydrogen (secondary N) is 1. The van der Waals surface area contributed by atoms with Crippen LogP contribution in [0.5, 0.6) is 0 Å². The summed E-state index contributed by atoms with van der Waals surface area (Å²) in [6.07, 6.45) is 5.40. The van der Waals surface area contributed by atoms with Gasteiger partial charge < -0.3 is 0 Å². The average molecular weight is 406 g/mol. The quantitative estimate of drug-likeness (QED) is 0.664. The molecular formula is C23H23N3O2S. The van der Waals surface area contributed by atoms with E-state index in [0.29, 0.717) is 16.9 Å². The van der Waals surface area contributed by atoms with Gasteiger partial charge in [-0.3, -0.25) is 14.7 Å².